The number of carbonyl (C=O) groups excluding carboxylic acids is 1. The third kappa shape index (κ3) is 3.82. The first kappa shape index (κ1) is 16.6. The molecule has 128 valence electrons. The second-order valence-electron chi connectivity index (χ2n) is 5.26. The number of anilines is 1. The fraction of sp³-hybridized carbons (Fsp3) is 0.167. The van der Waals surface area contributed by atoms with Crippen molar-refractivity contribution < 1.29 is 18.6 Å². The van der Waals surface area contributed by atoms with Crippen LogP contribution in [-0.4, -0.2) is 22.3 Å². The van der Waals surface area contributed by atoms with Crippen molar-refractivity contribution in [1.82, 2.24) is 10.3 Å². The maximum absolute atomic E-state index is 13.7. The molecule has 0 radical (unpaired) electrons. The van der Waals surface area contributed by atoms with Gasteiger partial charge in [-0.05, 0) is 28.9 Å². The second kappa shape index (κ2) is 7.57. The van der Waals surface area contributed by atoms with E-state index < -0.39 is 17.8 Å². The van der Waals surface area contributed by atoms with Crippen LogP contribution in [0, 0.1) is 5.82 Å². The molecule has 1 atom stereocenters. The van der Waals surface area contributed by atoms with Crippen LogP contribution in [0.15, 0.2) is 59.2 Å². The highest BCUT2D eigenvalue weighted by Crippen LogP contribution is 2.24. The molecule has 1 aromatic heterocycles. The molecule has 1 N–H and O–H groups in total. The van der Waals surface area contributed by atoms with E-state index in [0.717, 1.165) is 5.56 Å². The van der Waals surface area contributed by atoms with E-state index in [0.29, 0.717) is 12.1 Å². The number of hydrogen-bond acceptors (Lipinski definition) is 5. The van der Waals surface area contributed by atoms with Crippen LogP contribution in [-0.2, 0) is 4.79 Å². The Morgan fingerprint density at radius 3 is 2.60 bits per heavy atom. The maximum atomic E-state index is 13.7. The number of nitrogens with zero attached hydrogens (tertiary/aromatic N) is 2. The van der Waals surface area contributed by atoms with Crippen molar-refractivity contribution >= 4 is 11.7 Å². The number of halogens is 1. The molecule has 1 heterocycles. The van der Waals surface area contributed by atoms with Crippen LogP contribution in [0.1, 0.15) is 13.3 Å². The first-order valence-corrected chi connectivity index (χ1v) is 7.79. The quantitative estimate of drug-likeness (QED) is 0.740. The van der Waals surface area contributed by atoms with Crippen LogP contribution in [0.3, 0.4) is 0 Å². The second-order valence-corrected chi connectivity index (χ2v) is 5.26. The highest BCUT2D eigenvalue weighted by atomic mass is 19.1. The van der Waals surface area contributed by atoms with E-state index >= 15 is 0 Å². The predicted molar refractivity (Wildman–Crippen MR) is 89.5 cm³/mol. The summed E-state index contributed by atoms with van der Waals surface area (Å²) in [4.78, 5) is 12.5. The van der Waals surface area contributed by atoms with Crippen molar-refractivity contribution in [2.45, 2.75) is 19.4 Å². The molecule has 0 saturated carbocycles. The van der Waals surface area contributed by atoms with Gasteiger partial charge in [0.25, 0.3) is 5.91 Å². The van der Waals surface area contributed by atoms with Gasteiger partial charge in [0.1, 0.15) is 0 Å². The fourth-order valence-corrected chi connectivity index (χ4v) is 2.27. The number of nitrogens with one attached hydrogen (secondary N) is 1. The van der Waals surface area contributed by atoms with E-state index in [1.807, 2.05) is 30.3 Å². The van der Waals surface area contributed by atoms with Gasteiger partial charge in [0.2, 0.25) is 5.82 Å². The van der Waals surface area contributed by atoms with Gasteiger partial charge >= 0.3 is 0 Å². The zero-order chi connectivity index (χ0) is 17.6. The lowest BCUT2D eigenvalue weighted by Crippen LogP contribution is -2.32. The van der Waals surface area contributed by atoms with E-state index in [1.54, 1.807) is 19.1 Å². The maximum Gasteiger partial charge on any atom is 0.266 e. The number of hydrogen-bond donors (Lipinski definition) is 1. The Balaban J connectivity index is 1.75. The molecule has 3 rings (SSSR count). The molecule has 0 bridgehead atoms. The van der Waals surface area contributed by atoms with Gasteiger partial charge in [0, 0.05) is 5.56 Å². The molecule has 0 fully saturated rings. The minimum atomic E-state index is -0.878. The number of aromatic nitrogens is 2. The topological polar surface area (TPSA) is 77.2 Å². The summed E-state index contributed by atoms with van der Waals surface area (Å²) in [7, 11) is 0. The fourth-order valence-electron chi connectivity index (χ4n) is 2.27. The summed E-state index contributed by atoms with van der Waals surface area (Å²) in [6.45, 7) is 1.77. The van der Waals surface area contributed by atoms with Crippen LogP contribution >= 0.6 is 0 Å². The Morgan fingerprint density at radius 2 is 1.88 bits per heavy atom. The van der Waals surface area contributed by atoms with Gasteiger partial charge in [0.15, 0.2) is 23.4 Å². The van der Waals surface area contributed by atoms with Gasteiger partial charge in [-0.3, -0.25) is 4.79 Å². The molecule has 3 aromatic rings. The lowest BCUT2D eigenvalue weighted by atomic mass is 10.1. The summed E-state index contributed by atoms with van der Waals surface area (Å²) in [5.74, 6) is -0.779. The molecule has 6 nitrogen and oxygen atoms in total. The van der Waals surface area contributed by atoms with Crippen molar-refractivity contribution in [3.8, 4) is 17.0 Å². The molecule has 0 aliphatic carbocycles. The van der Waals surface area contributed by atoms with Gasteiger partial charge in [-0.25, -0.2) is 9.02 Å². The number of carbonyl (C=O) groups is 1. The Bertz CT molecular complexity index is 852. The van der Waals surface area contributed by atoms with Crippen molar-refractivity contribution in [2.75, 3.05) is 5.32 Å². The number of benzene rings is 2. The van der Waals surface area contributed by atoms with Crippen LogP contribution in [0.2, 0.25) is 0 Å². The van der Waals surface area contributed by atoms with E-state index in [2.05, 4.69) is 15.6 Å². The van der Waals surface area contributed by atoms with Crippen LogP contribution < -0.4 is 10.1 Å². The van der Waals surface area contributed by atoms with Gasteiger partial charge in [-0.2, -0.15) is 0 Å². The zero-order valence-electron chi connectivity index (χ0n) is 13.5. The smallest absolute Gasteiger partial charge is 0.266 e. The number of para-hydroxylation sites is 1. The molecule has 2 aromatic carbocycles. The highest BCUT2D eigenvalue weighted by Gasteiger charge is 2.23. The van der Waals surface area contributed by atoms with Crippen molar-refractivity contribution in [1.29, 1.82) is 0 Å². The molecule has 0 spiro atoms. The summed E-state index contributed by atoms with van der Waals surface area (Å²) in [6, 6.07) is 15.1. The van der Waals surface area contributed by atoms with Crippen molar-refractivity contribution in [2.24, 2.45) is 0 Å². The molecule has 1 amide bonds. The monoisotopic (exact) mass is 341 g/mol. The summed E-state index contributed by atoms with van der Waals surface area (Å²) in [5, 5.41) is 10.2. The van der Waals surface area contributed by atoms with Crippen molar-refractivity contribution in [3.05, 3.63) is 60.4 Å². The normalized spacial score (nSPS) is 11.8. The Labute approximate surface area is 143 Å². The average Bonchev–Trinajstić information content (AvgIpc) is 3.09. The molecule has 0 saturated heterocycles. The summed E-state index contributed by atoms with van der Waals surface area (Å²) in [6.07, 6.45) is -0.524. The van der Waals surface area contributed by atoms with E-state index in [-0.39, 0.29) is 11.6 Å². The summed E-state index contributed by atoms with van der Waals surface area (Å²) >= 11 is 0. The van der Waals surface area contributed by atoms with Crippen LogP contribution in [0.4, 0.5) is 10.2 Å². The van der Waals surface area contributed by atoms with E-state index in [9.17, 15) is 9.18 Å². The van der Waals surface area contributed by atoms with Crippen LogP contribution in [0.5, 0.6) is 5.75 Å². The minimum Gasteiger partial charge on any atom is -0.478 e. The van der Waals surface area contributed by atoms with Gasteiger partial charge in [-0.1, -0.05) is 49.4 Å². The molecule has 0 aliphatic heterocycles. The predicted octanol–water partition coefficient (Wildman–Crippen LogP) is 3.67. The number of amides is 1. The van der Waals surface area contributed by atoms with Crippen LogP contribution in [0.25, 0.3) is 11.3 Å². The standard InChI is InChI=1S/C18H16FN3O3/c1-2-14(24-15-11-7-6-10-13(15)19)18(23)20-17-16(21-25-22-17)12-8-4-3-5-9-12/h3-11,14H,2H2,1H3,(H,20,22,23)/t14-/m1/s1. The Hall–Kier alpha value is -3.22. The van der Waals surface area contributed by atoms with E-state index in [4.69, 9.17) is 9.37 Å². The molecule has 7 heteroatoms. The number of ether oxygens (including phenoxy) is 1. The van der Waals surface area contributed by atoms with E-state index in [1.165, 1.54) is 12.1 Å². The zero-order valence-corrected chi connectivity index (χ0v) is 13.5. The first-order valence-electron chi connectivity index (χ1n) is 7.79. The average molecular weight is 341 g/mol. The largest absolute Gasteiger partial charge is 0.478 e. The third-order valence-electron chi connectivity index (χ3n) is 3.55. The number of rotatable bonds is 6. The summed E-state index contributed by atoms with van der Waals surface area (Å²) in [5.41, 5.74) is 1.16. The molecule has 0 unspecified atom stereocenters. The van der Waals surface area contributed by atoms with Gasteiger partial charge in [0.05, 0.1) is 0 Å². The first-order chi connectivity index (χ1) is 12.2. The molecular weight excluding hydrogens is 325 g/mol. The molecule has 25 heavy (non-hydrogen) atoms. The minimum absolute atomic E-state index is 0.0195. The SMILES string of the molecule is CC[C@@H](Oc1ccccc1F)C(=O)Nc1nonc1-c1ccccc1. The van der Waals surface area contributed by atoms with Gasteiger partial charge < -0.3 is 10.1 Å². The van der Waals surface area contributed by atoms with Gasteiger partial charge in [-0.15, -0.1) is 0 Å². The lowest BCUT2D eigenvalue weighted by Gasteiger charge is -2.16. The van der Waals surface area contributed by atoms with Crippen molar-refractivity contribution in [3.63, 3.8) is 0 Å². The Kier molecular flexibility index (Phi) is 5.03. The molecular formula is C18H16FN3O3. The third-order valence-corrected chi connectivity index (χ3v) is 3.55. The molecule has 0 aliphatic rings. The summed E-state index contributed by atoms with van der Waals surface area (Å²) < 4.78 is 23.9. The highest BCUT2D eigenvalue weighted by molar-refractivity contribution is 5.96. The Morgan fingerprint density at radius 1 is 1.16 bits per heavy atom. The lowest BCUT2D eigenvalue weighted by molar-refractivity contribution is -0.122.